The highest BCUT2D eigenvalue weighted by atomic mass is 16.5. The molecule has 1 saturated carbocycles. The molecule has 0 bridgehead atoms. The molecule has 1 amide bonds. The summed E-state index contributed by atoms with van der Waals surface area (Å²) in [5.41, 5.74) is -1.03. The van der Waals surface area contributed by atoms with Gasteiger partial charge in [0, 0.05) is 5.92 Å². The van der Waals surface area contributed by atoms with E-state index in [-0.39, 0.29) is 30.5 Å². The molecule has 2 fully saturated rings. The molecule has 3 unspecified atom stereocenters. The Morgan fingerprint density at radius 2 is 1.95 bits per heavy atom. The van der Waals surface area contributed by atoms with E-state index in [9.17, 15) is 14.7 Å². The van der Waals surface area contributed by atoms with Gasteiger partial charge in [-0.1, -0.05) is 26.7 Å². The first-order valence-corrected chi connectivity index (χ1v) is 7.39. The van der Waals surface area contributed by atoms with Crippen molar-refractivity contribution in [3.8, 4) is 0 Å². The second-order valence-electron chi connectivity index (χ2n) is 7.09. The molecule has 1 aliphatic heterocycles. The standard InChI is InChI=1S/C15H25NO4/c1-14(2)7-5-4-6-10(14)12(17)16-11-8-20-9-15(11,3)13(18)19/h10-11H,4-9H2,1-3H3,(H,16,17)(H,18,19). The summed E-state index contributed by atoms with van der Waals surface area (Å²) < 4.78 is 5.28. The van der Waals surface area contributed by atoms with E-state index in [0.29, 0.717) is 0 Å². The minimum absolute atomic E-state index is 0.0125. The predicted molar refractivity (Wildman–Crippen MR) is 74.2 cm³/mol. The number of nitrogens with one attached hydrogen (secondary N) is 1. The molecule has 114 valence electrons. The van der Waals surface area contributed by atoms with Gasteiger partial charge in [0.25, 0.3) is 0 Å². The van der Waals surface area contributed by atoms with Crippen LogP contribution in [0.15, 0.2) is 0 Å². The lowest BCUT2D eigenvalue weighted by Crippen LogP contribution is -2.53. The SMILES string of the molecule is CC1(C)CCCCC1C(=O)NC1COCC1(C)C(=O)O. The number of carboxylic acid groups (broad SMARTS) is 1. The van der Waals surface area contributed by atoms with Crippen molar-refractivity contribution in [3.63, 3.8) is 0 Å². The summed E-state index contributed by atoms with van der Waals surface area (Å²) in [7, 11) is 0. The summed E-state index contributed by atoms with van der Waals surface area (Å²) in [6.07, 6.45) is 4.16. The highest BCUT2D eigenvalue weighted by Crippen LogP contribution is 2.41. The fraction of sp³-hybridized carbons (Fsp3) is 0.867. The third-order valence-corrected chi connectivity index (χ3v) is 5.08. The molecule has 1 heterocycles. The second-order valence-corrected chi connectivity index (χ2v) is 7.09. The summed E-state index contributed by atoms with van der Waals surface area (Å²) in [5, 5.41) is 12.3. The number of ether oxygens (including phenoxy) is 1. The van der Waals surface area contributed by atoms with Crippen molar-refractivity contribution in [3.05, 3.63) is 0 Å². The van der Waals surface area contributed by atoms with Gasteiger partial charge in [-0.05, 0) is 25.2 Å². The van der Waals surface area contributed by atoms with Crippen LogP contribution in [0, 0.1) is 16.7 Å². The lowest BCUT2D eigenvalue weighted by Gasteiger charge is -2.38. The lowest BCUT2D eigenvalue weighted by atomic mass is 9.68. The molecule has 0 aromatic rings. The molecule has 0 aromatic carbocycles. The molecular formula is C15H25NO4. The van der Waals surface area contributed by atoms with E-state index in [1.165, 1.54) is 0 Å². The van der Waals surface area contributed by atoms with E-state index >= 15 is 0 Å². The molecule has 0 spiro atoms. The summed E-state index contributed by atoms with van der Waals surface area (Å²) in [6, 6.07) is -0.440. The van der Waals surface area contributed by atoms with Gasteiger partial charge in [0.15, 0.2) is 0 Å². The van der Waals surface area contributed by atoms with Crippen molar-refractivity contribution in [1.29, 1.82) is 0 Å². The van der Waals surface area contributed by atoms with Crippen molar-refractivity contribution in [1.82, 2.24) is 5.32 Å². The van der Waals surface area contributed by atoms with Crippen LogP contribution in [-0.2, 0) is 14.3 Å². The fourth-order valence-electron chi connectivity index (χ4n) is 3.34. The number of hydrogen-bond acceptors (Lipinski definition) is 3. The molecule has 2 N–H and O–H groups in total. The first-order chi connectivity index (χ1) is 9.27. The number of carboxylic acids is 1. The van der Waals surface area contributed by atoms with E-state index in [0.717, 1.165) is 25.7 Å². The zero-order valence-corrected chi connectivity index (χ0v) is 12.6. The number of hydrogen-bond donors (Lipinski definition) is 2. The molecule has 20 heavy (non-hydrogen) atoms. The number of amides is 1. The Balaban J connectivity index is 2.06. The Kier molecular flexibility index (Phi) is 4.09. The third kappa shape index (κ3) is 2.68. The number of carbonyl (C=O) groups is 2. The van der Waals surface area contributed by atoms with Gasteiger partial charge in [0.05, 0.1) is 19.3 Å². The van der Waals surface area contributed by atoms with Crippen LogP contribution >= 0.6 is 0 Å². The van der Waals surface area contributed by atoms with Crippen LogP contribution in [0.2, 0.25) is 0 Å². The van der Waals surface area contributed by atoms with Crippen molar-refractivity contribution < 1.29 is 19.4 Å². The zero-order valence-electron chi connectivity index (χ0n) is 12.6. The summed E-state index contributed by atoms with van der Waals surface area (Å²) in [6.45, 7) is 6.32. The van der Waals surface area contributed by atoms with E-state index in [1.807, 2.05) is 0 Å². The van der Waals surface area contributed by atoms with Gasteiger partial charge in [-0.15, -0.1) is 0 Å². The van der Waals surface area contributed by atoms with Crippen LogP contribution in [0.4, 0.5) is 0 Å². The Hall–Kier alpha value is -1.10. The van der Waals surface area contributed by atoms with E-state index < -0.39 is 17.4 Å². The topological polar surface area (TPSA) is 75.6 Å². The fourth-order valence-corrected chi connectivity index (χ4v) is 3.34. The predicted octanol–water partition coefficient (Wildman–Crippen LogP) is 1.81. The maximum absolute atomic E-state index is 12.5. The third-order valence-electron chi connectivity index (χ3n) is 5.08. The highest BCUT2D eigenvalue weighted by molar-refractivity contribution is 5.82. The average molecular weight is 283 g/mol. The summed E-state index contributed by atoms with van der Waals surface area (Å²) in [4.78, 5) is 23.9. The minimum atomic E-state index is -1.02. The van der Waals surface area contributed by atoms with Crippen LogP contribution in [0.3, 0.4) is 0 Å². The number of rotatable bonds is 3. The largest absolute Gasteiger partial charge is 0.481 e. The van der Waals surface area contributed by atoms with Gasteiger partial charge >= 0.3 is 5.97 Å². The molecule has 0 radical (unpaired) electrons. The molecule has 0 aromatic heterocycles. The Morgan fingerprint density at radius 3 is 2.55 bits per heavy atom. The highest BCUT2D eigenvalue weighted by Gasteiger charge is 2.48. The maximum atomic E-state index is 12.5. The van der Waals surface area contributed by atoms with E-state index in [4.69, 9.17) is 4.74 Å². The van der Waals surface area contributed by atoms with Gasteiger partial charge < -0.3 is 15.2 Å². The Morgan fingerprint density at radius 1 is 1.25 bits per heavy atom. The Bertz CT molecular complexity index is 407. The quantitative estimate of drug-likeness (QED) is 0.828. The van der Waals surface area contributed by atoms with Crippen LogP contribution in [0.5, 0.6) is 0 Å². The van der Waals surface area contributed by atoms with Gasteiger partial charge in [0.2, 0.25) is 5.91 Å². The summed E-state index contributed by atoms with van der Waals surface area (Å²) in [5.74, 6) is -0.962. The van der Waals surface area contributed by atoms with Crippen molar-refractivity contribution in [2.24, 2.45) is 16.7 Å². The molecule has 1 saturated heterocycles. The first kappa shape index (κ1) is 15.3. The average Bonchev–Trinajstić information content (AvgIpc) is 2.71. The second kappa shape index (κ2) is 5.35. The zero-order chi connectivity index (χ0) is 15.0. The molecule has 2 aliphatic rings. The molecule has 3 atom stereocenters. The van der Waals surface area contributed by atoms with Gasteiger partial charge in [-0.2, -0.15) is 0 Å². The van der Waals surface area contributed by atoms with Crippen LogP contribution in [0.25, 0.3) is 0 Å². The van der Waals surface area contributed by atoms with Crippen molar-refractivity contribution >= 4 is 11.9 Å². The van der Waals surface area contributed by atoms with Crippen LogP contribution < -0.4 is 5.32 Å². The van der Waals surface area contributed by atoms with Crippen molar-refractivity contribution in [2.75, 3.05) is 13.2 Å². The first-order valence-electron chi connectivity index (χ1n) is 7.39. The van der Waals surface area contributed by atoms with Gasteiger partial charge in [-0.3, -0.25) is 9.59 Å². The molecule has 2 rings (SSSR count). The van der Waals surface area contributed by atoms with E-state index in [2.05, 4.69) is 19.2 Å². The van der Waals surface area contributed by atoms with E-state index in [1.54, 1.807) is 6.92 Å². The van der Waals surface area contributed by atoms with Gasteiger partial charge in [0.1, 0.15) is 5.41 Å². The van der Waals surface area contributed by atoms with Crippen molar-refractivity contribution in [2.45, 2.75) is 52.5 Å². The van der Waals surface area contributed by atoms with Crippen LogP contribution in [-0.4, -0.2) is 36.2 Å². The molecule has 1 aliphatic carbocycles. The maximum Gasteiger partial charge on any atom is 0.313 e. The number of carbonyl (C=O) groups excluding carboxylic acids is 1. The summed E-state index contributed by atoms with van der Waals surface area (Å²) >= 11 is 0. The van der Waals surface area contributed by atoms with Gasteiger partial charge in [-0.25, -0.2) is 0 Å². The monoisotopic (exact) mass is 283 g/mol. The normalized spacial score (nSPS) is 36.5. The molecule has 5 nitrogen and oxygen atoms in total. The smallest absolute Gasteiger partial charge is 0.313 e. The lowest BCUT2D eigenvalue weighted by molar-refractivity contribution is -0.149. The molecule has 5 heteroatoms. The Labute approximate surface area is 120 Å². The number of aliphatic carboxylic acids is 1. The minimum Gasteiger partial charge on any atom is -0.481 e. The molecular weight excluding hydrogens is 258 g/mol. The van der Waals surface area contributed by atoms with Crippen LogP contribution in [0.1, 0.15) is 46.5 Å².